The van der Waals surface area contributed by atoms with Crippen molar-refractivity contribution < 1.29 is 4.57 Å². The molecule has 1 aliphatic rings. The van der Waals surface area contributed by atoms with Gasteiger partial charge in [-0.1, -0.05) is 0 Å². The van der Waals surface area contributed by atoms with Gasteiger partial charge in [0.2, 0.25) is 0 Å². The molecule has 0 fully saturated rings. The number of aliphatic imine (C=N–C) groups is 1. The topological polar surface area (TPSA) is 44.1 Å². The van der Waals surface area contributed by atoms with Gasteiger partial charge in [0, 0.05) is 0 Å². The number of imidazole rings is 1. The highest BCUT2D eigenvalue weighted by atomic mass is 15.3. The van der Waals surface area contributed by atoms with Crippen LogP contribution in [0.1, 0.15) is 27.7 Å². The van der Waals surface area contributed by atoms with Crippen molar-refractivity contribution in [2.24, 2.45) is 4.99 Å². The number of nitrogens with zero attached hydrogens (tertiary/aromatic N) is 2. The third kappa shape index (κ3) is 1.22. The van der Waals surface area contributed by atoms with Gasteiger partial charge in [-0.25, -0.2) is 4.57 Å². The Kier molecular flexibility index (Phi) is 1.71. The molecule has 2 N–H and O–H groups in total. The number of hydrogen-bond acceptors (Lipinski definition) is 2. The summed E-state index contributed by atoms with van der Waals surface area (Å²) in [6.07, 6.45) is 5.70. The van der Waals surface area contributed by atoms with Gasteiger partial charge in [0.25, 0.3) is 0 Å². The number of hydrogen-bond donors (Lipinski definition) is 2. The second-order valence-corrected chi connectivity index (χ2v) is 4.76. The molecular formula is C10H17N4+. The van der Waals surface area contributed by atoms with Crippen LogP contribution in [0.3, 0.4) is 0 Å². The van der Waals surface area contributed by atoms with Crippen molar-refractivity contribution in [1.82, 2.24) is 10.3 Å². The summed E-state index contributed by atoms with van der Waals surface area (Å²) in [7, 11) is 0. The van der Waals surface area contributed by atoms with Crippen LogP contribution in [0.25, 0.3) is 0 Å². The van der Waals surface area contributed by atoms with Gasteiger partial charge in [-0.05, 0) is 27.7 Å². The van der Waals surface area contributed by atoms with Crippen LogP contribution in [0, 0.1) is 0 Å². The molecule has 4 nitrogen and oxygen atoms in total. The van der Waals surface area contributed by atoms with E-state index in [4.69, 9.17) is 0 Å². The first-order chi connectivity index (χ1) is 6.42. The van der Waals surface area contributed by atoms with Crippen molar-refractivity contribution in [2.45, 2.75) is 38.8 Å². The fraction of sp³-hybridized carbons (Fsp3) is 0.600. The summed E-state index contributed by atoms with van der Waals surface area (Å²) < 4.78 is 1.95. The average Bonchev–Trinajstić information content (AvgIpc) is 2.58. The largest absolute Gasteiger partial charge is 0.347 e. The van der Waals surface area contributed by atoms with Crippen molar-refractivity contribution in [1.29, 1.82) is 0 Å². The summed E-state index contributed by atoms with van der Waals surface area (Å²) in [6, 6.07) is 0. The van der Waals surface area contributed by atoms with Crippen molar-refractivity contribution in [3.05, 3.63) is 18.7 Å². The highest BCUT2D eigenvalue weighted by molar-refractivity contribution is 5.75. The lowest BCUT2D eigenvalue weighted by Crippen LogP contribution is -2.56. The molecule has 0 saturated carbocycles. The lowest BCUT2D eigenvalue weighted by atomic mass is 9.85. The van der Waals surface area contributed by atoms with E-state index in [9.17, 15) is 0 Å². The van der Waals surface area contributed by atoms with Gasteiger partial charge < -0.3 is 0 Å². The maximum atomic E-state index is 4.66. The van der Waals surface area contributed by atoms with E-state index < -0.39 is 0 Å². The van der Waals surface area contributed by atoms with E-state index in [0.717, 1.165) is 5.96 Å². The van der Waals surface area contributed by atoms with Crippen LogP contribution in [-0.4, -0.2) is 22.0 Å². The lowest BCUT2D eigenvalue weighted by Gasteiger charge is -2.27. The maximum Gasteiger partial charge on any atom is 0.347 e. The van der Waals surface area contributed by atoms with E-state index in [0.29, 0.717) is 0 Å². The first-order valence-electron chi connectivity index (χ1n) is 4.85. The lowest BCUT2D eigenvalue weighted by molar-refractivity contribution is -0.557. The molecule has 0 spiro atoms. The van der Waals surface area contributed by atoms with Crippen molar-refractivity contribution in [2.75, 3.05) is 0 Å². The van der Waals surface area contributed by atoms with Crippen LogP contribution < -0.4 is 9.88 Å². The molecule has 0 unspecified atom stereocenters. The van der Waals surface area contributed by atoms with Crippen LogP contribution >= 0.6 is 0 Å². The van der Waals surface area contributed by atoms with E-state index in [1.54, 1.807) is 0 Å². The Hall–Kier alpha value is -1.32. The van der Waals surface area contributed by atoms with Crippen LogP contribution in [0.15, 0.2) is 23.7 Å². The van der Waals surface area contributed by atoms with Crippen LogP contribution in [0.5, 0.6) is 0 Å². The number of aromatic nitrogens is 2. The Morgan fingerprint density at radius 2 is 2.00 bits per heavy atom. The monoisotopic (exact) mass is 193 g/mol. The van der Waals surface area contributed by atoms with Crippen LogP contribution in [0.4, 0.5) is 0 Å². The third-order valence-electron chi connectivity index (χ3n) is 3.13. The molecular weight excluding hydrogens is 176 g/mol. The molecule has 0 radical (unpaired) electrons. The number of H-pyrrole nitrogens is 1. The molecule has 1 aliphatic heterocycles. The predicted octanol–water partition coefficient (Wildman–Crippen LogP) is 0.667. The second-order valence-electron chi connectivity index (χ2n) is 4.76. The molecule has 2 rings (SSSR count). The molecule has 1 aromatic heterocycles. The smallest absolute Gasteiger partial charge is 0.300 e. The normalized spacial score (nSPS) is 23.0. The first-order valence-corrected chi connectivity index (χ1v) is 4.85. The summed E-state index contributed by atoms with van der Waals surface area (Å²) in [5.41, 5.74) is -0.0841. The maximum absolute atomic E-state index is 4.66. The van der Waals surface area contributed by atoms with Gasteiger partial charge in [-0.3, -0.25) is 10.3 Å². The zero-order valence-corrected chi connectivity index (χ0v) is 9.13. The zero-order chi connectivity index (χ0) is 10.4. The first kappa shape index (κ1) is 9.24. The number of aromatic amines is 1. The second kappa shape index (κ2) is 2.59. The molecule has 0 amide bonds. The quantitative estimate of drug-likeness (QED) is 0.584. The van der Waals surface area contributed by atoms with Crippen LogP contribution in [-0.2, 0) is 0 Å². The molecule has 0 aromatic carbocycles. The molecule has 2 heterocycles. The Bertz CT molecular complexity index is 359. The summed E-state index contributed by atoms with van der Waals surface area (Å²) in [6.45, 7) is 8.61. The van der Waals surface area contributed by atoms with Crippen molar-refractivity contribution in [3.8, 4) is 0 Å². The Balaban J connectivity index is 2.36. The molecule has 0 atom stereocenters. The summed E-state index contributed by atoms with van der Waals surface area (Å²) in [5, 5.41) is 3.42. The minimum absolute atomic E-state index is 0.00734. The van der Waals surface area contributed by atoms with E-state index in [2.05, 4.69) is 43.0 Å². The Morgan fingerprint density at radius 1 is 1.29 bits per heavy atom. The van der Waals surface area contributed by atoms with Gasteiger partial charge in [0.15, 0.2) is 6.33 Å². The van der Waals surface area contributed by atoms with E-state index in [1.165, 1.54) is 0 Å². The molecule has 0 saturated heterocycles. The summed E-state index contributed by atoms with van der Waals surface area (Å²) >= 11 is 0. The van der Waals surface area contributed by atoms with Gasteiger partial charge in [0.1, 0.15) is 11.1 Å². The summed E-state index contributed by atoms with van der Waals surface area (Å²) in [5.74, 6) is 0.904. The van der Waals surface area contributed by atoms with Crippen LogP contribution in [0.2, 0.25) is 0 Å². The molecule has 76 valence electrons. The number of rotatable bonds is 0. The van der Waals surface area contributed by atoms with Crippen molar-refractivity contribution in [3.63, 3.8) is 0 Å². The Morgan fingerprint density at radius 3 is 2.43 bits per heavy atom. The molecule has 14 heavy (non-hydrogen) atoms. The van der Waals surface area contributed by atoms with E-state index in [1.807, 2.05) is 23.3 Å². The highest BCUT2D eigenvalue weighted by Crippen LogP contribution is 2.29. The zero-order valence-electron chi connectivity index (χ0n) is 9.13. The Labute approximate surface area is 84.1 Å². The number of nitrogens with one attached hydrogen (secondary N) is 2. The minimum atomic E-state index is -0.0768. The average molecular weight is 193 g/mol. The van der Waals surface area contributed by atoms with Crippen molar-refractivity contribution >= 4 is 5.96 Å². The molecule has 0 aliphatic carbocycles. The van der Waals surface area contributed by atoms with Gasteiger partial charge in [-0.2, -0.15) is 0 Å². The minimum Gasteiger partial charge on any atom is -0.300 e. The highest BCUT2D eigenvalue weighted by Gasteiger charge is 2.48. The van der Waals surface area contributed by atoms with E-state index in [-0.39, 0.29) is 11.1 Å². The van der Waals surface area contributed by atoms with Gasteiger partial charge >= 0.3 is 5.96 Å². The van der Waals surface area contributed by atoms with Gasteiger partial charge in [-0.15, -0.1) is 4.99 Å². The standard InChI is InChI=1S/C10H16N4/c1-9(2)10(3,4)13-8(12-9)14-6-5-11-7-14/h5-7H,1-4H3,(H,12,13)/p+1. The molecule has 4 heteroatoms. The van der Waals surface area contributed by atoms with Gasteiger partial charge in [0.05, 0.1) is 12.4 Å². The van der Waals surface area contributed by atoms with E-state index >= 15 is 0 Å². The SMILES string of the molecule is CC1(C)N=C([n+]2cc[nH]c2)NC1(C)C. The predicted molar refractivity (Wildman–Crippen MR) is 55.1 cm³/mol. The fourth-order valence-electron chi connectivity index (χ4n) is 1.41. The third-order valence-corrected chi connectivity index (χ3v) is 3.13. The fourth-order valence-corrected chi connectivity index (χ4v) is 1.41. The molecule has 0 bridgehead atoms. The molecule has 1 aromatic rings. The summed E-state index contributed by atoms with van der Waals surface area (Å²) in [4.78, 5) is 7.67.